The summed E-state index contributed by atoms with van der Waals surface area (Å²) >= 11 is 0. The number of nitrogens with zero attached hydrogens (tertiary/aromatic N) is 3. The average Bonchev–Trinajstić information content (AvgIpc) is 2.49. The molecule has 0 aromatic carbocycles. The fraction of sp³-hybridized carbons (Fsp3) is 0.625. The zero-order chi connectivity index (χ0) is 10.1. The predicted octanol–water partition coefficient (Wildman–Crippen LogP) is 0.393. The monoisotopic (exact) mass is 182 g/mol. The molecule has 0 fully saturated rings. The topological polar surface area (TPSA) is 59.8 Å². The Labute approximate surface area is 77.2 Å². The second kappa shape index (κ2) is 3.16. The Kier molecular flexibility index (Phi) is 2.36. The minimum absolute atomic E-state index is 0.215. The van der Waals surface area contributed by atoms with E-state index in [0.29, 0.717) is 5.82 Å². The molecule has 1 aromatic heterocycles. The van der Waals surface area contributed by atoms with Crippen LogP contribution in [0.1, 0.15) is 31.4 Å². The average molecular weight is 182 g/mol. The minimum atomic E-state index is -0.224. The Morgan fingerprint density at radius 1 is 1.54 bits per heavy atom. The van der Waals surface area contributed by atoms with Gasteiger partial charge in [-0.3, -0.25) is 4.79 Å². The smallest absolute Gasteiger partial charge is 0.288 e. The number of carbonyl (C=O) groups is 1. The van der Waals surface area contributed by atoms with Crippen molar-refractivity contribution in [2.45, 2.75) is 26.3 Å². The van der Waals surface area contributed by atoms with E-state index >= 15 is 0 Å². The van der Waals surface area contributed by atoms with Crippen LogP contribution < -0.4 is 5.32 Å². The summed E-state index contributed by atoms with van der Waals surface area (Å²) < 4.78 is 1.60. The summed E-state index contributed by atoms with van der Waals surface area (Å²) in [5, 5.41) is 6.52. The molecule has 72 valence electrons. The van der Waals surface area contributed by atoms with Crippen LogP contribution >= 0.6 is 0 Å². The Morgan fingerprint density at radius 3 is 2.62 bits per heavy atom. The molecule has 5 nitrogen and oxygen atoms in total. The number of hydrogen-bond donors (Lipinski definition) is 1. The van der Waals surface area contributed by atoms with Crippen molar-refractivity contribution in [2.75, 3.05) is 7.05 Å². The molecule has 0 radical (unpaired) electrons. The number of aromatic nitrogens is 3. The molecule has 0 spiro atoms. The van der Waals surface area contributed by atoms with Crippen molar-refractivity contribution in [3.8, 4) is 0 Å². The zero-order valence-electron chi connectivity index (χ0n) is 8.33. The molecule has 0 aliphatic rings. The lowest BCUT2D eigenvalue weighted by atomic mass is 10.1. The van der Waals surface area contributed by atoms with Crippen molar-refractivity contribution < 1.29 is 4.79 Å². The summed E-state index contributed by atoms with van der Waals surface area (Å²) in [5.41, 5.74) is -0.224. The second-order valence-corrected chi connectivity index (χ2v) is 3.75. The summed E-state index contributed by atoms with van der Waals surface area (Å²) in [6, 6.07) is 0. The first-order valence-corrected chi connectivity index (χ1v) is 4.09. The zero-order valence-corrected chi connectivity index (χ0v) is 8.33. The molecular weight excluding hydrogens is 168 g/mol. The van der Waals surface area contributed by atoms with E-state index < -0.39 is 0 Å². The molecule has 0 unspecified atom stereocenters. The van der Waals surface area contributed by atoms with E-state index in [4.69, 9.17) is 0 Å². The van der Waals surface area contributed by atoms with E-state index in [2.05, 4.69) is 15.4 Å². The fourth-order valence-corrected chi connectivity index (χ4v) is 0.999. The van der Waals surface area contributed by atoms with E-state index in [1.165, 1.54) is 6.33 Å². The first-order chi connectivity index (χ1) is 5.96. The number of nitrogens with one attached hydrogen (secondary N) is 1. The van der Waals surface area contributed by atoms with Gasteiger partial charge in [-0.25, -0.2) is 9.67 Å². The Balaban J connectivity index is 3.10. The van der Waals surface area contributed by atoms with Crippen LogP contribution in [0.3, 0.4) is 0 Å². The molecule has 0 atom stereocenters. The highest BCUT2D eigenvalue weighted by Crippen LogP contribution is 2.13. The van der Waals surface area contributed by atoms with Gasteiger partial charge in [-0.1, -0.05) is 0 Å². The molecule has 1 N–H and O–H groups in total. The minimum Gasteiger partial charge on any atom is -0.352 e. The molecule has 1 rings (SSSR count). The highest BCUT2D eigenvalue weighted by molar-refractivity contribution is 5.90. The predicted molar refractivity (Wildman–Crippen MR) is 48.4 cm³/mol. The van der Waals surface area contributed by atoms with Gasteiger partial charge in [0.2, 0.25) is 5.82 Å². The summed E-state index contributed by atoms with van der Waals surface area (Å²) in [6.45, 7) is 5.90. The van der Waals surface area contributed by atoms with Gasteiger partial charge < -0.3 is 5.32 Å². The number of hydrogen-bond acceptors (Lipinski definition) is 3. The lowest BCUT2D eigenvalue weighted by Gasteiger charge is -2.20. The van der Waals surface area contributed by atoms with Crippen LogP contribution in [-0.4, -0.2) is 27.7 Å². The van der Waals surface area contributed by atoms with Gasteiger partial charge in [0.15, 0.2) is 0 Å². The summed E-state index contributed by atoms with van der Waals surface area (Å²) in [4.78, 5) is 15.2. The van der Waals surface area contributed by atoms with Gasteiger partial charge in [0.25, 0.3) is 5.91 Å². The molecule has 1 amide bonds. The normalized spacial score (nSPS) is 11.4. The van der Waals surface area contributed by atoms with Crippen LogP contribution in [0.15, 0.2) is 6.33 Å². The lowest BCUT2D eigenvalue weighted by molar-refractivity contribution is 0.0939. The third-order valence-electron chi connectivity index (χ3n) is 1.61. The van der Waals surface area contributed by atoms with Gasteiger partial charge in [0.1, 0.15) is 6.33 Å². The molecule has 5 heteroatoms. The number of rotatable bonds is 1. The maximum Gasteiger partial charge on any atom is 0.288 e. The standard InChI is InChI=1S/C8H14N4O/c1-8(2,3)12-6(7(13)9-4)10-5-11-12/h5H,1-4H3,(H,9,13). The van der Waals surface area contributed by atoms with Gasteiger partial charge in [-0.2, -0.15) is 5.10 Å². The Morgan fingerprint density at radius 2 is 2.15 bits per heavy atom. The lowest BCUT2D eigenvalue weighted by Crippen LogP contribution is -2.31. The molecule has 1 heterocycles. The molecule has 1 aromatic rings. The van der Waals surface area contributed by atoms with Gasteiger partial charge in [-0.05, 0) is 20.8 Å². The first kappa shape index (κ1) is 9.70. The maximum atomic E-state index is 11.3. The Bertz CT molecular complexity index is 310. The maximum absolute atomic E-state index is 11.3. The summed E-state index contributed by atoms with van der Waals surface area (Å²) in [5.74, 6) is 0.127. The van der Waals surface area contributed by atoms with Crippen LogP contribution in [0.25, 0.3) is 0 Å². The van der Waals surface area contributed by atoms with Crippen molar-refractivity contribution in [2.24, 2.45) is 0 Å². The van der Waals surface area contributed by atoms with Crippen molar-refractivity contribution >= 4 is 5.91 Å². The van der Waals surface area contributed by atoms with Gasteiger partial charge >= 0.3 is 0 Å². The highest BCUT2D eigenvalue weighted by Gasteiger charge is 2.21. The van der Waals surface area contributed by atoms with E-state index in [9.17, 15) is 4.79 Å². The van der Waals surface area contributed by atoms with Crippen molar-refractivity contribution in [3.63, 3.8) is 0 Å². The number of amides is 1. The molecular formula is C8H14N4O. The van der Waals surface area contributed by atoms with Crippen LogP contribution in [0.2, 0.25) is 0 Å². The third kappa shape index (κ3) is 1.85. The van der Waals surface area contributed by atoms with E-state index in [0.717, 1.165) is 0 Å². The number of carbonyl (C=O) groups excluding carboxylic acids is 1. The van der Waals surface area contributed by atoms with Gasteiger partial charge in [-0.15, -0.1) is 0 Å². The molecule has 0 saturated heterocycles. The third-order valence-corrected chi connectivity index (χ3v) is 1.61. The van der Waals surface area contributed by atoms with Crippen LogP contribution in [0, 0.1) is 0 Å². The fourth-order valence-electron chi connectivity index (χ4n) is 0.999. The quantitative estimate of drug-likeness (QED) is 0.683. The molecule has 13 heavy (non-hydrogen) atoms. The largest absolute Gasteiger partial charge is 0.352 e. The molecule has 0 bridgehead atoms. The van der Waals surface area contributed by atoms with E-state index in [1.807, 2.05) is 20.8 Å². The second-order valence-electron chi connectivity index (χ2n) is 3.75. The molecule has 0 saturated carbocycles. The first-order valence-electron chi connectivity index (χ1n) is 4.09. The van der Waals surface area contributed by atoms with E-state index in [1.54, 1.807) is 11.7 Å². The van der Waals surface area contributed by atoms with Gasteiger partial charge in [0.05, 0.1) is 5.54 Å². The van der Waals surface area contributed by atoms with Crippen molar-refractivity contribution in [1.82, 2.24) is 20.1 Å². The summed E-state index contributed by atoms with van der Waals surface area (Å²) in [6.07, 6.45) is 1.38. The van der Waals surface area contributed by atoms with E-state index in [-0.39, 0.29) is 11.4 Å². The highest BCUT2D eigenvalue weighted by atomic mass is 16.2. The van der Waals surface area contributed by atoms with Crippen molar-refractivity contribution in [3.05, 3.63) is 12.2 Å². The van der Waals surface area contributed by atoms with Gasteiger partial charge in [0, 0.05) is 7.05 Å². The summed E-state index contributed by atoms with van der Waals surface area (Å²) in [7, 11) is 1.57. The Hall–Kier alpha value is -1.39. The van der Waals surface area contributed by atoms with Crippen LogP contribution in [0.5, 0.6) is 0 Å². The van der Waals surface area contributed by atoms with Crippen LogP contribution in [-0.2, 0) is 5.54 Å². The SMILES string of the molecule is CNC(=O)c1ncnn1C(C)(C)C. The molecule has 0 aliphatic carbocycles. The van der Waals surface area contributed by atoms with Crippen molar-refractivity contribution in [1.29, 1.82) is 0 Å². The van der Waals surface area contributed by atoms with Crippen LogP contribution in [0.4, 0.5) is 0 Å². The molecule has 0 aliphatic heterocycles.